The Hall–Kier alpha value is -3.68. The number of fused-ring (bicyclic) bond motifs is 1. The Labute approximate surface area is 216 Å². The third-order valence-electron chi connectivity index (χ3n) is 6.18. The van der Waals surface area contributed by atoms with E-state index in [4.69, 9.17) is 4.74 Å². The normalized spacial score (nSPS) is 11.7. The van der Waals surface area contributed by atoms with E-state index >= 15 is 4.39 Å². The van der Waals surface area contributed by atoms with Gasteiger partial charge in [-0.2, -0.15) is 0 Å². The fourth-order valence-corrected chi connectivity index (χ4v) is 4.24. The smallest absolute Gasteiger partial charge is 0.494 e. The SMILES string of the molecule is CCCOc1ccc(CCc2ccc3c(F)c(CCc4ccc(OC(F)(F)F)c(F)c4)ccc3c2)c(F)c1. The fourth-order valence-electron chi connectivity index (χ4n) is 4.24. The van der Waals surface area contributed by atoms with E-state index in [0.717, 1.165) is 24.1 Å². The summed E-state index contributed by atoms with van der Waals surface area (Å²) in [5, 5.41) is 1.13. The molecule has 0 aliphatic carbocycles. The van der Waals surface area contributed by atoms with Crippen LogP contribution in [0, 0.1) is 17.5 Å². The van der Waals surface area contributed by atoms with Gasteiger partial charge in [-0.3, -0.25) is 0 Å². The summed E-state index contributed by atoms with van der Waals surface area (Å²) in [7, 11) is 0. The summed E-state index contributed by atoms with van der Waals surface area (Å²) in [6, 6.07) is 16.9. The van der Waals surface area contributed by atoms with E-state index in [0.29, 0.717) is 52.7 Å². The molecule has 4 aromatic carbocycles. The van der Waals surface area contributed by atoms with Crippen LogP contribution in [0.3, 0.4) is 0 Å². The van der Waals surface area contributed by atoms with E-state index in [9.17, 15) is 22.0 Å². The molecule has 0 N–H and O–H groups in total. The van der Waals surface area contributed by atoms with Crippen molar-refractivity contribution in [1.29, 1.82) is 0 Å². The lowest BCUT2D eigenvalue weighted by Crippen LogP contribution is -2.18. The Kier molecular flexibility index (Phi) is 8.49. The van der Waals surface area contributed by atoms with Gasteiger partial charge in [-0.25, -0.2) is 13.2 Å². The summed E-state index contributed by atoms with van der Waals surface area (Å²) in [5.41, 5.74) is 2.34. The van der Waals surface area contributed by atoms with Crippen molar-refractivity contribution in [1.82, 2.24) is 0 Å². The predicted molar refractivity (Wildman–Crippen MR) is 134 cm³/mol. The zero-order valence-corrected chi connectivity index (χ0v) is 20.7. The molecule has 0 bridgehead atoms. The molecule has 0 spiro atoms. The van der Waals surface area contributed by atoms with E-state index in [1.165, 1.54) is 12.1 Å². The van der Waals surface area contributed by atoms with E-state index in [1.807, 2.05) is 13.0 Å². The van der Waals surface area contributed by atoms with Crippen LogP contribution in [0.2, 0.25) is 0 Å². The topological polar surface area (TPSA) is 18.5 Å². The predicted octanol–water partition coefficient (Wildman–Crippen LogP) is 8.51. The highest BCUT2D eigenvalue weighted by Gasteiger charge is 2.32. The van der Waals surface area contributed by atoms with Gasteiger partial charge in [0.25, 0.3) is 0 Å². The van der Waals surface area contributed by atoms with Crippen LogP contribution in [0.15, 0.2) is 66.7 Å². The first-order valence-electron chi connectivity index (χ1n) is 12.3. The van der Waals surface area contributed by atoms with Crippen molar-refractivity contribution in [2.45, 2.75) is 45.4 Å². The number of rotatable bonds is 10. The van der Waals surface area contributed by atoms with E-state index in [-0.39, 0.29) is 18.7 Å². The Balaban J connectivity index is 1.41. The second kappa shape index (κ2) is 11.8. The lowest BCUT2D eigenvalue weighted by molar-refractivity contribution is -0.275. The molecule has 4 rings (SSSR count). The molecule has 0 saturated carbocycles. The van der Waals surface area contributed by atoms with Crippen molar-refractivity contribution in [2.75, 3.05) is 6.61 Å². The molecule has 0 unspecified atom stereocenters. The van der Waals surface area contributed by atoms with Gasteiger partial charge in [0, 0.05) is 11.5 Å². The van der Waals surface area contributed by atoms with Crippen LogP contribution in [0.1, 0.15) is 35.6 Å². The van der Waals surface area contributed by atoms with Crippen LogP contribution in [0.25, 0.3) is 10.8 Å². The molecule has 0 amide bonds. The standard InChI is InChI=1S/C30H26F6O2/c1-2-15-37-24-12-11-21(26(31)18-24)7-3-19-5-13-25-23(16-19)10-9-22(29(25)33)8-4-20-6-14-28(27(32)17-20)38-30(34,35)36/h5-6,9-14,16-18H,2-4,7-8,15H2,1H3. The fraction of sp³-hybridized carbons (Fsp3) is 0.267. The van der Waals surface area contributed by atoms with Crippen LogP contribution >= 0.6 is 0 Å². The van der Waals surface area contributed by atoms with Crippen molar-refractivity contribution in [3.63, 3.8) is 0 Å². The van der Waals surface area contributed by atoms with Gasteiger partial charge in [-0.1, -0.05) is 49.4 Å². The molecule has 0 aliphatic heterocycles. The minimum absolute atomic E-state index is 0.234. The van der Waals surface area contributed by atoms with Gasteiger partial charge in [-0.05, 0) is 77.9 Å². The Morgan fingerprint density at radius 2 is 1.37 bits per heavy atom. The molecule has 0 heterocycles. The van der Waals surface area contributed by atoms with Crippen molar-refractivity contribution in [2.24, 2.45) is 0 Å². The summed E-state index contributed by atoms with van der Waals surface area (Å²) >= 11 is 0. The molecular formula is C30H26F6O2. The molecule has 0 saturated heterocycles. The van der Waals surface area contributed by atoms with Gasteiger partial charge < -0.3 is 9.47 Å². The monoisotopic (exact) mass is 532 g/mol. The number of hydrogen-bond acceptors (Lipinski definition) is 2. The van der Waals surface area contributed by atoms with E-state index < -0.39 is 23.7 Å². The molecule has 8 heteroatoms. The summed E-state index contributed by atoms with van der Waals surface area (Å²) in [4.78, 5) is 0. The summed E-state index contributed by atoms with van der Waals surface area (Å²) in [6.45, 7) is 2.51. The molecule has 38 heavy (non-hydrogen) atoms. The zero-order chi connectivity index (χ0) is 27.3. The van der Waals surface area contributed by atoms with Crippen LogP contribution in [-0.2, 0) is 25.7 Å². The number of hydrogen-bond donors (Lipinski definition) is 0. The Bertz CT molecular complexity index is 1410. The third-order valence-corrected chi connectivity index (χ3v) is 6.18. The molecule has 2 nitrogen and oxygen atoms in total. The average Bonchev–Trinajstić information content (AvgIpc) is 2.87. The molecule has 0 fully saturated rings. The van der Waals surface area contributed by atoms with Crippen LogP contribution in [0.4, 0.5) is 26.3 Å². The summed E-state index contributed by atoms with van der Waals surface area (Å²) in [5.74, 6) is -2.26. The number of halogens is 6. The van der Waals surface area contributed by atoms with Crippen LogP contribution in [-0.4, -0.2) is 13.0 Å². The number of alkyl halides is 3. The second-order valence-corrected chi connectivity index (χ2v) is 9.01. The first kappa shape index (κ1) is 27.4. The van der Waals surface area contributed by atoms with Gasteiger partial charge >= 0.3 is 6.36 Å². The Morgan fingerprint density at radius 1 is 0.684 bits per heavy atom. The largest absolute Gasteiger partial charge is 0.573 e. The number of aryl methyl sites for hydroxylation is 4. The molecule has 0 aromatic heterocycles. The number of ether oxygens (including phenoxy) is 2. The molecule has 4 aromatic rings. The highest BCUT2D eigenvalue weighted by atomic mass is 19.4. The molecule has 0 atom stereocenters. The molecule has 0 aliphatic rings. The first-order valence-corrected chi connectivity index (χ1v) is 12.3. The number of benzene rings is 4. The minimum Gasteiger partial charge on any atom is -0.494 e. The zero-order valence-electron chi connectivity index (χ0n) is 20.7. The first-order chi connectivity index (χ1) is 18.1. The van der Waals surface area contributed by atoms with Crippen LogP contribution < -0.4 is 9.47 Å². The second-order valence-electron chi connectivity index (χ2n) is 9.01. The van der Waals surface area contributed by atoms with E-state index in [2.05, 4.69) is 4.74 Å². The maximum atomic E-state index is 15.2. The van der Waals surface area contributed by atoms with Gasteiger partial charge in [0.1, 0.15) is 17.4 Å². The maximum Gasteiger partial charge on any atom is 0.573 e. The van der Waals surface area contributed by atoms with Gasteiger partial charge in [-0.15, -0.1) is 13.2 Å². The Morgan fingerprint density at radius 3 is 2.05 bits per heavy atom. The summed E-state index contributed by atoms with van der Waals surface area (Å²) < 4.78 is 89.6. The van der Waals surface area contributed by atoms with Gasteiger partial charge in [0.2, 0.25) is 0 Å². The molecule has 200 valence electrons. The lowest BCUT2D eigenvalue weighted by Gasteiger charge is -2.11. The van der Waals surface area contributed by atoms with Crippen molar-refractivity contribution < 1.29 is 35.8 Å². The summed E-state index contributed by atoms with van der Waals surface area (Å²) in [6.07, 6.45) is -2.62. The molecule has 0 radical (unpaired) electrons. The highest BCUT2D eigenvalue weighted by molar-refractivity contribution is 5.84. The van der Waals surface area contributed by atoms with E-state index in [1.54, 1.807) is 36.4 Å². The molecular weight excluding hydrogens is 506 g/mol. The van der Waals surface area contributed by atoms with Crippen molar-refractivity contribution in [3.05, 3.63) is 106 Å². The van der Waals surface area contributed by atoms with Gasteiger partial charge in [0.15, 0.2) is 11.6 Å². The average molecular weight is 533 g/mol. The van der Waals surface area contributed by atoms with Gasteiger partial charge in [0.05, 0.1) is 6.61 Å². The van der Waals surface area contributed by atoms with Crippen molar-refractivity contribution >= 4 is 10.8 Å². The van der Waals surface area contributed by atoms with Crippen molar-refractivity contribution in [3.8, 4) is 11.5 Å². The maximum absolute atomic E-state index is 15.2. The lowest BCUT2D eigenvalue weighted by atomic mass is 9.97. The highest BCUT2D eigenvalue weighted by Crippen LogP contribution is 2.28. The minimum atomic E-state index is -4.98. The van der Waals surface area contributed by atoms with Crippen LogP contribution in [0.5, 0.6) is 11.5 Å². The third kappa shape index (κ3) is 7.00. The quantitative estimate of drug-likeness (QED) is 0.191.